The number of anilines is 1. The van der Waals surface area contributed by atoms with Gasteiger partial charge in [0.2, 0.25) is 0 Å². The molecule has 5 aliphatic rings. The van der Waals surface area contributed by atoms with Gasteiger partial charge in [0, 0.05) is 6.04 Å². The molecule has 0 aromatic heterocycles. The van der Waals surface area contributed by atoms with E-state index in [1.807, 2.05) is 0 Å². The van der Waals surface area contributed by atoms with Gasteiger partial charge in [-0.1, -0.05) is 25.0 Å². The zero-order valence-electron chi connectivity index (χ0n) is 18.0. The molecule has 0 radical (unpaired) electrons. The molecule has 1 aromatic carbocycles. The Hall–Kier alpha value is -2.37. The number of benzene rings is 1. The third-order valence-corrected chi connectivity index (χ3v) is 7.94. The van der Waals surface area contributed by atoms with E-state index < -0.39 is 5.91 Å². The van der Waals surface area contributed by atoms with E-state index in [4.69, 9.17) is 4.74 Å². The van der Waals surface area contributed by atoms with E-state index in [0.29, 0.717) is 29.0 Å². The Bertz CT molecular complexity index is 839. The molecule has 2 amide bonds. The van der Waals surface area contributed by atoms with E-state index >= 15 is 0 Å². The summed E-state index contributed by atoms with van der Waals surface area (Å²) in [6.07, 6.45) is 10.8. The molecule has 0 atom stereocenters. The Balaban J connectivity index is 1.18. The summed E-state index contributed by atoms with van der Waals surface area (Å²) in [7, 11) is 0. The predicted molar refractivity (Wildman–Crippen MR) is 116 cm³/mol. The van der Waals surface area contributed by atoms with Crippen LogP contribution in [0.25, 0.3) is 0 Å². The number of ether oxygens (including phenoxy) is 1. The van der Waals surface area contributed by atoms with Crippen LogP contribution in [0.2, 0.25) is 0 Å². The van der Waals surface area contributed by atoms with Crippen molar-refractivity contribution in [2.75, 3.05) is 11.9 Å². The Kier molecular flexibility index (Phi) is 5.49. The summed E-state index contributed by atoms with van der Waals surface area (Å²) in [6.45, 7) is -0.306. The predicted octanol–water partition coefficient (Wildman–Crippen LogP) is 4.06. The van der Waals surface area contributed by atoms with Gasteiger partial charge in [-0.05, 0) is 81.3 Å². The molecule has 6 nitrogen and oxygen atoms in total. The first-order valence-corrected chi connectivity index (χ1v) is 11.9. The molecule has 5 fully saturated rings. The second kappa shape index (κ2) is 8.29. The SMILES string of the molecule is O=C(COC(=O)C12CC3CC(CC(C3)C1)C2)Nc1ccccc1C(=O)NC1CCCC1. The minimum absolute atomic E-state index is 0.173. The smallest absolute Gasteiger partial charge is 0.312 e. The van der Waals surface area contributed by atoms with Crippen LogP contribution in [0.1, 0.15) is 74.6 Å². The maximum Gasteiger partial charge on any atom is 0.312 e. The van der Waals surface area contributed by atoms with Gasteiger partial charge in [0.15, 0.2) is 6.61 Å². The van der Waals surface area contributed by atoms with Crippen LogP contribution >= 0.6 is 0 Å². The van der Waals surface area contributed by atoms with Crippen molar-refractivity contribution in [1.29, 1.82) is 0 Å². The second-order valence-electron chi connectivity index (χ2n) is 10.3. The highest BCUT2D eigenvalue weighted by Crippen LogP contribution is 2.60. The molecule has 0 heterocycles. The second-order valence-corrected chi connectivity index (χ2v) is 10.3. The average molecular weight is 425 g/mol. The minimum Gasteiger partial charge on any atom is -0.455 e. The topological polar surface area (TPSA) is 84.5 Å². The van der Waals surface area contributed by atoms with E-state index in [9.17, 15) is 14.4 Å². The summed E-state index contributed by atoms with van der Waals surface area (Å²) < 4.78 is 5.52. The van der Waals surface area contributed by atoms with Gasteiger partial charge in [-0.25, -0.2) is 0 Å². The van der Waals surface area contributed by atoms with Gasteiger partial charge in [0.05, 0.1) is 16.7 Å². The van der Waals surface area contributed by atoms with E-state index in [0.717, 1.165) is 44.9 Å². The summed E-state index contributed by atoms with van der Waals surface area (Å²) in [5.41, 5.74) is 0.526. The molecule has 0 aliphatic heterocycles. The van der Waals surface area contributed by atoms with Crippen molar-refractivity contribution in [2.24, 2.45) is 23.2 Å². The maximum atomic E-state index is 13.0. The van der Waals surface area contributed by atoms with Crippen molar-refractivity contribution in [2.45, 2.75) is 70.3 Å². The molecule has 1 aromatic rings. The lowest BCUT2D eigenvalue weighted by Gasteiger charge is -2.55. The van der Waals surface area contributed by atoms with Gasteiger partial charge >= 0.3 is 5.97 Å². The lowest BCUT2D eigenvalue weighted by molar-refractivity contribution is -0.172. The molecule has 0 spiro atoms. The lowest BCUT2D eigenvalue weighted by atomic mass is 9.49. The minimum atomic E-state index is -0.404. The van der Waals surface area contributed by atoms with Crippen LogP contribution in [-0.4, -0.2) is 30.4 Å². The highest BCUT2D eigenvalue weighted by molar-refractivity contribution is 6.04. The van der Waals surface area contributed by atoms with Gasteiger partial charge in [0.25, 0.3) is 11.8 Å². The van der Waals surface area contributed by atoms with Crippen LogP contribution in [0.15, 0.2) is 24.3 Å². The van der Waals surface area contributed by atoms with E-state index in [1.165, 1.54) is 19.3 Å². The number of amides is 2. The molecule has 5 aliphatic carbocycles. The van der Waals surface area contributed by atoms with Crippen LogP contribution in [0, 0.1) is 23.2 Å². The van der Waals surface area contributed by atoms with Gasteiger partial charge in [0.1, 0.15) is 0 Å². The van der Waals surface area contributed by atoms with Crippen LogP contribution < -0.4 is 10.6 Å². The molecule has 0 saturated heterocycles. The zero-order valence-corrected chi connectivity index (χ0v) is 18.0. The van der Waals surface area contributed by atoms with Gasteiger partial charge in [-0.15, -0.1) is 0 Å². The average Bonchev–Trinajstić information content (AvgIpc) is 3.24. The standard InChI is InChI=1S/C25H32N2O4/c28-22(15-31-24(30)25-12-16-9-17(13-25)11-18(10-16)14-25)27-21-8-4-3-7-20(21)23(29)26-19-5-1-2-6-19/h3-4,7-8,16-19H,1-2,5-6,9-15H2,(H,26,29)(H,27,28). The van der Waals surface area contributed by atoms with Crippen molar-refractivity contribution < 1.29 is 19.1 Å². The third kappa shape index (κ3) is 4.21. The van der Waals surface area contributed by atoms with Crippen LogP contribution in [0.4, 0.5) is 5.69 Å². The number of hydrogen-bond donors (Lipinski definition) is 2. The van der Waals surface area contributed by atoms with Crippen molar-refractivity contribution in [1.82, 2.24) is 5.32 Å². The van der Waals surface area contributed by atoms with E-state index in [1.54, 1.807) is 24.3 Å². The number of carbonyl (C=O) groups is 3. The Labute approximate surface area is 183 Å². The van der Waals surface area contributed by atoms with Gasteiger partial charge in [-0.2, -0.15) is 0 Å². The molecule has 166 valence electrons. The largest absolute Gasteiger partial charge is 0.455 e. The quantitative estimate of drug-likeness (QED) is 0.675. The van der Waals surface area contributed by atoms with Crippen LogP contribution in [0.3, 0.4) is 0 Å². The third-order valence-electron chi connectivity index (χ3n) is 7.94. The van der Waals surface area contributed by atoms with Gasteiger partial charge in [-0.3, -0.25) is 14.4 Å². The summed E-state index contributed by atoms with van der Waals surface area (Å²) in [6, 6.07) is 7.19. The van der Waals surface area contributed by atoms with Crippen LogP contribution in [-0.2, 0) is 14.3 Å². The number of carbonyl (C=O) groups excluding carboxylic acids is 3. The highest BCUT2D eigenvalue weighted by atomic mass is 16.5. The highest BCUT2D eigenvalue weighted by Gasteiger charge is 2.55. The molecule has 5 saturated carbocycles. The maximum absolute atomic E-state index is 13.0. The molecule has 2 N–H and O–H groups in total. The first-order valence-electron chi connectivity index (χ1n) is 11.9. The van der Waals surface area contributed by atoms with E-state index in [2.05, 4.69) is 10.6 Å². The number of hydrogen-bond acceptors (Lipinski definition) is 4. The molecule has 6 rings (SSSR count). The first-order chi connectivity index (χ1) is 15.0. The molecule has 6 heteroatoms. The van der Waals surface area contributed by atoms with Gasteiger partial charge < -0.3 is 15.4 Å². The zero-order chi connectivity index (χ0) is 21.4. The van der Waals surface area contributed by atoms with Crippen molar-refractivity contribution in [3.05, 3.63) is 29.8 Å². The summed E-state index contributed by atoms with van der Waals surface area (Å²) >= 11 is 0. The van der Waals surface area contributed by atoms with Crippen molar-refractivity contribution >= 4 is 23.5 Å². The fourth-order valence-electron chi connectivity index (χ4n) is 6.95. The normalized spacial score (nSPS) is 31.4. The molecule has 4 bridgehead atoms. The number of rotatable bonds is 6. The molecular weight excluding hydrogens is 392 g/mol. The van der Waals surface area contributed by atoms with Crippen molar-refractivity contribution in [3.8, 4) is 0 Å². The Morgan fingerprint density at radius 2 is 1.55 bits per heavy atom. The monoisotopic (exact) mass is 424 g/mol. The number of esters is 1. The molecule has 0 unspecified atom stereocenters. The van der Waals surface area contributed by atoms with Crippen molar-refractivity contribution in [3.63, 3.8) is 0 Å². The summed E-state index contributed by atoms with van der Waals surface area (Å²) in [4.78, 5) is 38.2. The summed E-state index contributed by atoms with van der Waals surface area (Å²) in [5.74, 6) is 1.18. The lowest BCUT2D eigenvalue weighted by Crippen LogP contribution is -2.50. The Morgan fingerprint density at radius 3 is 2.19 bits per heavy atom. The van der Waals surface area contributed by atoms with E-state index in [-0.39, 0.29) is 29.9 Å². The number of nitrogens with one attached hydrogen (secondary N) is 2. The fourth-order valence-corrected chi connectivity index (χ4v) is 6.95. The van der Waals surface area contributed by atoms with Crippen LogP contribution in [0.5, 0.6) is 0 Å². The summed E-state index contributed by atoms with van der Waals surface area (Å²) in [5, 5.41) is 5.83. The first kappa shape index (κ1) is 20.5. The molecular formula is C25H32N2O4. The Morgan fingerprint density at radius 1 is 0.935 bits per heavy atom. The number of para-hydroxylation sites is 1. The molecule has 31 heavy (non-hydrogen) atoms. The fraction of sp³-hybridized carbons (Fsp3) is 0.640.